The van der Waals surface area contributed by atoms with Gasteiger partial charge in [-0.2, -0.15) is 0 Å². The Morgan fingerprint density at radius 3 is 2.00 bits per heavy atom. The van der Waals surface area contributed by atoms with Crippen molar-refractivity contribution < 1.29 is 5.11 Å². The van der Waals surface area contributed by atoms with Gasteiger partial charge in [0.15, 0.2) is 0 Å². The first-order valence-corrected chi connectivity index (χ1v) is 7.11. The molecule has 1 aliphatic rings. The lowest BCUT2D eigenvalue weighted by molar-refractivity contribution is 0.0973. The van der Waals surface area contributed by atoms with Gasteiger partial charge in [0.1, 0.15) is 0 Å². The van der Waals surface area contributed by atoms with Crippen molar-refractivity contribution in [2.75, 3.05) is 26.2 Å². The van der Waals surface area contributed by atoms with E-state index in [1.165, 1.54) is 12.8 Å². The van der Waals surface area contributed by atoms with Crippen molar-refractivity contribution in [1.82, 2.24) is 10.2 Å². The third kappa shape index (κ3) is 7.74. The summed E-state index contributed by atoms with van der Waals surface area (Å²) in [5.74, 6) is 1.33. The van der Waals surface area contributed by atoms with E-state index in [1.54, 1.807) is 0 Å². The standard InChI is InChI=1S/C14H30N2O/c1-11(2)8-16(9-12(3)4)10-14(17)7-15-13-5-6-13/h11-15,17H,5-10H2,1-4H3/t14-/m0/s1. The predicted octanol–water partition coefficient (Wildman–Crippen LogP) is 1.71. The van der Waals surface area contributed by atoms with Crippen LogP contribution in [0.3, 0.4) is 0 Å². The van der Waals surface area contributed by atoms with E-state index in [1.807, 2.05) is 0 Å². The molecule has 0 aromatic carbocycles. The van der Waals surface area contributed by atoms with Gasteiger partial charge >= 0.3 is 0 Å². The van der Waals surface area contributed by atoms with E-state index in [9.17, 15) is 5.11 Å². The number of aliphatic hydroxyl groups excluding tert-OH is 1. The lowest BCUT2D eigenvalue weighted by Crippen LogP contribution is -2.41. The highest BCUT2D eigenvalue weighted by atomic mass is 16.3. The summed E-state index contributed by atoms with van der Waals surface area (Å²) in [5.41, 5.74) is 0. The molecule has 0 aromatic rings. The van der Waals surface area contributed by atoms with E-state index >= 15 is 0 Å². The van der Waals surface area contributed by atoms with E-state index in [4.69, 9.17) is 0 Å². The highest BCUT2D eigenvalue weighted by Crippen LogP contribution is 2.18. The highest BCUT2D eigenvalue weighted by Gasteiger charge is 2.22. The second-order valence-electron chi connectivity index (χ2n) is 6.34. The fourth-order valence-electron chi connectivity index (χ4n) is 2.21. The van der Waals surface area contributed by atoms with E-state index in [0.29, 0.717) is 17.9 Å². The summed E-state index contributed by atoms with van der Waals surface area (Å²) >= 11 is 0. The molecule has 0 aromatic heterocycles. The van der Waals surface area contributed by atoms with Crippen molar-refractivity contribution in [3.63, 3.8) is 0 Å². The van der Waals surface area contributed by atoms with Crippen molar-refractivity contribution in [2.45, 2.75) is 52.7 Å². The van der Waals surface area contributed by atoms with Gasteiger partial charge in [0, 0.05) is 32.2 Å². The van der Waals surface area contributed by atoms with Gasteiger partial charge in [0.05, 0.1) is 6.10 Å². The van der Waals surface area contributed by atoms with Crippen molar-refractivity contribution in [3.8, 4) is 0 Å². The molecule has 1 rings (SSSR count). The van der Waals surface area contributed by atoms with Gasteiger partial charge in [-0.15, -0.1) is 0 Å². The van der Waals surface area contributed by atoms with E-state index in [2.05, 4.69) is 37.9 Å². The molecule has 3 heteroatoms. The van der Waals surface area contributed by atoms with Crippen LogP contribution in [0.15, 0.2) is 0 Å². The van der Waals surface area contributed by atoms with Gasteiger partial charge in [0.2, 0.25) is 0 Å². The number of rotatable bonds is 9. The molecule has 3 nitrogen and oxygen atoms in total. The molecule has 0 bridgehead atoms. The summed E-state index contributed by atoms with van der Waals surface area (Å²) in [6.07, 6.45) is 2.34. The minimum absolute atomic E-state index is 0.229. The first-order chi connectivity index (χ1) is 7.97. The van der Waals surface area contributed by atoms with Crippen LogP contribution in [0.25, 0.3) is 0 Å². The average molecular weight is 242 g/mol. The van der Waals surface area contributed by atoms with Crippen LogP contribution in [-0.4, -0.2) is 48.3 Å². The van der Waals surface area contributed by atoms with E-state index < -0.39 is 0 Å². The lowest BCUT2D eigenvalue weighted by atomic mass is 10.1. The van der Waals surface area contributed by atoms with Crippen LogP contribution in [0.5, 0.6) is 0 Å². The summed E-state index contributed by atoms with van der Waals surface area (Å²) in [6.45, 7) is 12.7. The molecule has 0 aliphatic heterocycles. The smallest absolute Gasteiger partial charge is 0.0791 e. The molecule has 17 heavy (non-hydrogen) atoms. The fourth-order valence-corrected chi connectivity index (χ4v) is 2.21. The molecular weight excluding hydrogens is 212 g/mol. The van der Waals surface area contributed by atoms with Crippen LogP contribution in [0.1, 0.15) is 40.5 Å². The Morgan fingerprint density at radius 2 is 1.59 bits per heavy atom. The first kappa shape index (κ1) is 14.9. The third-order valence-corrected chi connectivity index (χ3v) is 2.94. The van der Waals surface area contributed by atoms with E-state index in [0.717, 1.165) is 26.2 Å². The number of hydrogen-bond donors (Lipinski definition) is 2. The average Bonchev–Trinajstić information content (AvgIpc) is 2.95. The molecule has 1 aliphatic carbocycles. The molecule has 0 spiro atoms. The van der Waals surface area contributed by atoms with Gasteiger partial charge in [-0.3, -0.25) is 0 Å². The fraction of sp³-hybridized carbons (Fsp3) is 1.00. The van der Waals surface area contributed by atoms with Crippen molar-refractivity contribution >= 4 is 0 Å². The molecule has 1 atom stereocenters. The second-order valence-corrected chi connectivity index (χ2v) is 6.34. The summed E-state index contributed by atoms with van der Waals surface area (Å²) in [7, 11) is 0. The molecule has 1 fully saturated rings. The maximum atomic E-state index is 10.0. The minimum atomic E-state index is -0.229. The monoisotopic (exact) mass is 242 g/mol. The highest BCUT2D eigenvalue weighted by molar-refractivity contribution is 4.82. The number of nitrogens with zero attached hydrogens (tertiary/aromatic N) is 1. The van der Waals surface area contributed by atoms with Gasteiger partial charge in [-0.25, -0.2) is 0 Å². The SMILES string of the molecule is CC(C)CN(CC(C)C)C[C@@H](O)CNC1CC1. The largest absolute Gasteiger partial charge is 0.390 e. The zero-order valence-corrected chi connectivity index (χ0v) is 11.9. The Bertz CT molecular complexity index is 192. The molecule has 102 valence electrons. The predicted molar refractivity (Wildman–Crippen MR) is 73.1 cm³/mol. The minimum Gasteiger partial charge on any atom is -0.390 e. The Labute approximate surface area is 107 Å². The Morgan fingerprint density at radius 1 is 1.06 bits per heavy atom. The van der Waals surface area contributed by atoms with Crippen LogP contribution in [0.4, 0.5) is 0 Å². The van der Waals surface area contributed by atoms with Gasteiger partial charge in [-0.1, -0.05) is 27.7 Å². The van der Waals surface area contributed by atoms with Crippen molar-refractivity contribution in [2.24, 2.45) is 11.8 Å². The maximum absolute atomic E-state index is 10.0. The third-order valence-electron chi connectivity index (χ3n) is 2.94. The van der Waals surface area contributed by atoms with Gasteiger partial charge in [-0.05, 0) is 24.7 Å². The Hall–Kier alpha value is -0.120. The van der Waals surface area contributed by atoms with Crippen LogP contribution in [0.2, 0.25) is 0 Å². The molecule has 0 saturated heterocycles. The number of aliphatic hydroxyl groups is 1. The van der Waals surface area contributed by atoms with Gasteiger partial charge in [0.25, 0.3) is 0 Å². The van der Waals surface area contributed by atoms with E-state index in [-0.39, 0.29) is 6.10 Å². The molecule has 0 heterocycles. The van der Waals surface area contributed by atoms with Gasteiger partial charge < -0.3 is 15.3 Å². The Balaban J connectivity index is 2.23. The van der Waals surface area contributed by atoms with Crippen LogP contribution < -0.4 is 5.32 Å². The zero-order valence-electron chi connectivity index (χ0n) is 11.9. The quantitative estimate of drug-likeness (QED) is 0.646. The maximum Gasteiger partial charge on any atom is 0.0791 e. The normalized spacial score (nSPS) is 18.4. The molecule has 0 radical (unpaired) electrons. The van der Waals surface area contributed by atoms with Crippen molar-refractivity contribution in [3.05, 3.63) is 0 Å². The summed E-state index contributed by atoms with van der Waals surface area (Å²) < 4.78 is 0. The molecule has 1 saturated carbocycles. The van der Waals surface area contributed by atoms with Crippen molar-refractivity contribution in [1.29, 1.82) is 0 Å². The topological polar surface area (TPSA) is 35.5 Å². The summed E-state index contributed by atoms with van der Waals surface area (Å²) in [4.78, 5) is 2.40. The lowest BCUT2D eigenvalue weighted by Gasteiger charge is -2.28. The molecule has 0 amide bonds. The number of hydrogen-bond acceptors (Lipinski definition) is 3. The molecule has 2 N–H and O–H groups in total. The molecule has 0 unspecified atom stereocenters. The Kier molecular flexibility index (Phi) is 6.45. The first-order valence-electron chi connectivity index (χ1n) is 7.11. The second kappa shape index (κ2) is 7.34. The zero-order chi connectivity index (χ0) is 12.8. The van der Waals surface area contributed by atoms with Crippen LogP contribution in [-0.2, 0) is 0 Å². The van der Waals surface area contributed by atoms with Crippen LogP contribution >= 0.6 is 0 Å². The molecular formula is C14H30N2O. The van der Waals surface area contributed by atoms with Crippen LogP contribution in [0, 0.1) is 11.8 Å². The number of nitrogens with one attached hydrogen (secondary N) is 1. The summed E-state index contributed by atoms with van der Waals surface area (Å²) in [6, 6.07) is 0.688. The summed E-state index contributed by atoms with van der Waals surface area (Å²) in [5, 5.41) is 13.4.